The fourth-order valence-electron chi connectivity index (χ4n) is 3.53. The summed E-state index contributed by atoms with van der Waals surface area (Å²) >= 11 is 0. The standard InChI is InChI=1S/C23H21F3N4O2/c1-32-19-8-4-16(5-9-19)20-10-11-21(28-27-20)29-12-14-30(15-13-29)22(31)17-2-6-18(7-3-17)23(24,25)26/h2-11H,12-15H2,1H3. The number of carbonyl (C=O) groups is 1. The highest BCUT2D eigenvalue weighted by Gasteiger charge is 2.30. The molecule has 166 valence electrons. The van der Waals surface area contributed by atoms with Crippen LogP contribution in [0.4, 0.5) is 19.0 Å². The summed E-state index contributed by atoms with van der Waals surface area (Å²) in [5, 5.41) is 8.62. The molecule has 32 heavy (non-hydrogen) atoms. The molecule has 0 spiro atoms. The molecule has 1 aliphatic rings. The molecule has 3 aromatic rings. The monoisotopic (exact) mass is 442 g/mol. The first-order valence-electron chi connectivity index (χ1n) is 10.0. The van der Waals surface area contributed by atoms with Crippen LogP contribution < -0.4 is 9.64 Å². The fourth-order valence-corrected chi connectivity index (χ4v) is 3.53. The first kappa shape index (κ1) is 21.6. The van der Waals surface area contributed by atoms with Gasteiger partial charge in [0.25, 0.3) is 5.91 Å². The number of piperazine rings is 1. The summed E-state index contributed by atoms with van der Waals surface area (Å²) in [4.78, 5) is 16.3. The number of nitrogens with zero attached hydrogens (tertiary/aromatic N) is 4. The highest BCUT2D eigenvalue weighted by molar-refractivity contribution is 5.94. The molecule has 9 heteroatoms. The van der Waals surface area contributed by atoms with Crippen LogP contribution in [0.15, 0.2) is 60.7 Å². The van der Waals surface area contributed by atoms with E-state index in [2.05, 4.69) is 10.2 Å². The summed E-state index contributed by atoms with van der Waals surface area (Å²) < 4.78 is 43.3. The Morgan fingerprint density at radius 1 is 0.875 bits per heavy atom. The number of rotatable bonds is 4. The molecule has 0 bridgehead atoms. The summed E-state index contributed by atoms with van der Waals surface area (Å²) in [7, 11) is 1.61. The van der Waals surface area contributed by atoms with E-state index < -0.39 is 11.7 Å². The second kappa shape index (κ2) is 8.86. The Labute approximate surface area is 183 Å². The van der Waals surface area contributed by atoms with E-state index in [4.69, 9.17) is 4.74 Å². The number of benzene rings is 2. The van der Waals surface area contributed by atoms with Crippen LogP contribution in [0.2, 0.25) is 0 Å². The number of carbonyl (C=O) groups excluding carboxylic acids is 1. The molecule has 1 aromatic heterocycles. The molecule has 2 aromatic carbocycles. The number of ether oxygens (including phenoxy) is 1. The lowest BCUT2D eigenvalue weighted by Gasteiger charge is -2.35. The van der Waals surface area contributed by atoms with Gasteiger partial charge in [-0.2, -0.15) is 13.2 Å². The van der Waals surface area contributed by atoms with Crippen molar-refractivity contribution in [3.05, 3.63) is 71.8 Å². The molecule has 1 fully saturated rings. The molecular weight excluding hydrogens is 421 g/mol. The molecule has 0 N–H and O–H groups in total. The highest BCUT2D eigenvalue weighted by atomic mass is 19.4. The van der Waals surface area contributed by atoms with Crippen LogP contribution in [0, 0.1) is 0 Å². The average molecular weight is 442 g/mol. The van der Waals surface area contributed by atoms with E-state index >= 15 is 0 Å². The molecule has 6 nitrogen and oxygen atoms in total. The predicted octanol–water partition coefficient (Wildman–Crippen LogP) is 4.13. The molecule has 1 aliphatic heterocycles. The van der Waals surface area contributed by atoms with Crippen molar-refractivity contribution in [2.75, 3.05) is 38.2 Å². The van der Waals surface area contributed by atoms with E-state index in [0.29, 0.717) is 32.0 Å². The van der Waals surface area contributed by atoms with Crippen molar-refractivity contribution in [1.82, 2.24) is 15.1 Å². The van der Waals surface area contributed by atoms with Gasteiger partial charge in [0.05, 0.1) is 18.4 Å². The number of aromatic nitrogens is 2. The van der Waals surface area contributed by atoms with Gasteiger partial charge in [-0.3, -0.25) is 4.79 Å². The SMILES string of the molecule is COc1ccc(-c2ccc(N3CCN(C(=O)c4ccc(C(F)(F)F)cc4)CC3)nn2)cc1. The van der Waals surface area contributed by atoms with Crippen LogP contribution in [0.1, 0.15) is 15.9 Å². The van der Waals surface area contributed by atoms with Crippen LogP contribution in [0.3, 0.4) is 0 Å². The molecule has 4 rings (SSSR count). The van der Waals surface area contributed by atoms with Gasteiger partial charge in [-0.25, -0.2) is 0 Å². The second-order valence-electron chi connectivity index (χ2n) is 7.36. The third-order valence-corrected chi connectivity index (χ3v) is 5.39. The zero-order valence-electron chi connectivity index (χ0n) is 17.3. The number of methoxy groups -OCH3 is 1. The van der Waals surface area contributed by atoms with Crippen molar-refractivity contribution in [3.63, 3.8) is 0 Å². The number of hydrogen-bond acceptors (Lipinski definition) is 5. The lowest BCUT2D eigenvalue weighted by atomic mass is 10.1. The van der Waals surface area contributed by atoms with Gasteiger partial charge in [0.15, 0.2) is 5.82 Å². The van der Waals surface area contributed by atoms with Crippen LogP contribution in [-0.4, -0.2) is 54.3 Å². The summed E-state index contributed by atoms with van der Waals surface area (Å²) in [5.74, 6) is 1.20. The number of halogens is 3. The molecular formula is C23H21F3N4O2. The lowest BCUT2D eigenvalue weighted by Crippen LogP contribution is -2.49. The first-order valence-corrected chi connectivity index (χ1v) is 10.0. The third-order valence-electron chi connectivity index (χ3n) is 5.39. The van der Waals surface area contributed by atoms with Crippen molar-refractivity contribution in [2.24, 2.45) is 0 Å². The summed E-state index contributed by atoms with van der Waals surface area (Å²) in [6.07, 6.45) is -4.42. The van der Waals surface area contributed by atoms with E-state index in [1.54, 1.807) is 12.0 Å². The van der Waals surface area contributed by atoms with Crippen molar-refractivity contribution in [2.45, 2.75) is 6.18 Å². The molecule has 0 radical (unpaired) electrons. The van der Waals surface area contributed by atoms with Gasteiger partial charge >= 0.3 is 6.18 Å². The van der Waals surface area contributed by atoms with Crippen LogP contribution >= 0.6 is 0 Å². The van der Waals surface area contributed by atoms with E-state index in [1.807, 2.05) is 41.3 Å². The number of alkyl halides is 3. The Morgan fingerprint density at radius 3 is 2.06 bits per heavy atom. The maximum atomic E-state index is 12.7. The number of hydrogen-bond donors (Lipinski definition) is 0. The van der Waals surface area contributed by atoms with E-state index in [-0.39, 0.29) is 11.5 Å². The van der Waals surface area contributed by atoms with Crippen LogP contribution in [-0.2, 0) is 6.18 Å². The summed E-state index contributed by atoms with van der Waals surface area (Å²) in [6.45, 7) is 2.01. The van der Waals surface area contributed by atoms with E-state index in [0.717, 1.165) is 29.1 Å². The van der Waals surface area contributed by atoms with Gasteiger partial charge < -0.3 is 14.5 Å². The van der Waals surface area contributed by atoms with Gasteiger partial charge in [-0.1, -0.05) is 0 Å². The van der Waals surface area contributed by atoms with Gasteiger partial charge in [0.1, 0.15) is 5.75 Å². The summed E-state index contributed by atoms with van der Waals surface area (Å²) in [6, 6.07) is 15.6. The Morgan fingerprint density at radius 2 is 1.53 bits per heavy atom. The van der Waals surface area contributed by atoms with Gasteiger partial charge in [-0.05, 0) is 60.7 Å². The largest absolute Gasteiger partial charge is 0.497 e. The maximum Gasteiger partial charge on any atom is 0.416 e. The third kappa shape index (κ3) is 4.66. The molecule has 1 amide bonds. The molecule has 0 saturated carbocycles. The molecule has 0 unspecified atom stereocenters. The van der Waals surface area contributed by atoms with Gasteiger partial charge in [-0.15, -0.1) is 10.2 Å². The Kier molecular flexibility index (Phi) is 5.98. The van der Waals surface area contributed by atoms with Crippen molar-refractivity contribution in [1.29, 1.82) is 0 Å². The van der Waals surface area contributed by atoms with Crippen molar-refractivity contribution >= 4 is 11.7 Å². The Bertz CT molecular complexity index is 1060. The highest BCUT2D eigenvalue weighted by Crippen LogP contribution is 2.29. The zero-order chi connectivity index (χ0) is 22.7. The van der Waals surface area contributed by atoms with E-state index in [9.17, 15) is 18.0 Å². The Hall–Kier alpha value is -3.62. The van der Waals surface area contributed by atoms with Crippen molar-refractivity contribution in [3.8, 4) is 17.0 Å². The average Bonchev–Trinajstić information content (AvgIpc) is 2.83. The maximum absolute atomic E-state index is 12.7. The predicted molar refractivity (Wildman–Crippen MR) is 114 cm³/mol. The molecule has 1 saturated heterocycles. The van der Waals surface area contributed by atoms with Gasteiger partial charge in [0, 0.05) is 37.3 Å². The fraction of sp³-hybridized carbons (Fsp3) is 0.261. The minimum absolute atomic E-state index is 0.245. The van der Waals surface area contributed by atoms with E-state index in [1.165, 1.54) is 12.1 Å². The van der Waals surface area contributed by atoms with Crippen LogP contribution in [0.5, 0.6) is 5.75 Å². The smallest absolute Gasteiger partial charge is 0.416 e. The van der Waals surface area contributed by atoms with Crippen LogP contribution in [0.25, 0.3) is 11.3 Å². The number of anilines is 1. The molecule has 2 heterocycles. The molecule has 0 atom stereocenters. The quantitative estimate of drug-likeness (QED) is 0.608. The Balaban J connectivity index is 1.36. The van der Waals surface area contributed by atoms with Crippen molar-refractivity contribution < 1.29 is 22.7 Å². The lowest BCUT2D eigenvalue weighted by molar-refractivity contribution is -0.137. The van der Waals surface area contributed by atoms with Gasteiger partial charge in [0.2, 0.25) is 0 Å². The normalized spacial score (nSPS) is 14.4. The topological polar surface area (TPSA) is 58.6 Å². The minimum Gasteiger partial charge on any atom is -0.497 e. The molecule has 0 aliphatic carbocycles. The summed E-state index contributed by atoms with van der Waals surface area (Å²) in [5.41, 5.74) is 1.15. The minimum atomic E-state index is -4.42. The second-order valence-corrected chi connectivity index (χ2v) is 7.36. The number of amides is 1. The first-order chi connectivity index (χ1) is 15.3. The zero-order valence-corrected chi connectivity index (χ0v) is 17.3.